The maximum Gasteiger partial charge on any atom is 0.407 e. The number of aliphatic hydroxyl groups excluding tert-OH is 2. The fourth-order valence-corrected chi connectivity index (χ4v) is 2.10. The lowest BCUT2D eigenvalue weighted by Gasteiger charge is -2.23. The smallest absolute Gasteiger partial charge is 0.407 e. The third kappa shape index (κ3) is 8.74. The molecule has 0 spiro atoms. The molecule has 0 bridgehead atoms. The number of alkyl carbamates (subject to hydrolysis) is 1. The molecular weight excluding hydrogens is 322 g/mol. The van der Waals surface area contributed by atoms with E-state index in [4.69, 9.17) is 9.47 Å². The monoisotopic (exact) mass is 353 g/mol. The molecule has 0 aliphatic rings. The van der Waals surface area contributed by atoms with E-state index < -0.39 is 23.9 Å². The number of rotatable bonds is 6. The molecule has 3 N–H and O–H groups in total. The highest BCUT2D eigenvalue weighted by Gasteiger charge is 2.20. The van der Waals surface area contributed by atoms with Crippen molar-refractivity contribution in [2.45, 2.75) is 71.4 Å². The molecular formula is C19H31NO5. The summed E-state index contributed by atoms with van der Waals surface area (Å²) in [6, 6.07) is 6.96. The van der Waals surface area contributed by atoms with Gasteiger partial charge in [0, 0.05) is 6.54 Å². The standard InChI is InChI=1S/C19H31NO5/c1-18(2,3)24-14-9-7-13(8-10-14)16(22)15(21)11-12-20-17(23)25-19(4,5)6/h7-10,15-16,21-22H,11-12H2,1-6H3,(H,20,23). The molecule has 25 heavy (non-hydrogen) atoms. The fourth-order valence-electron chi connectivity index (χ4n) is 2.10. The topological polar surface area (TPSA) is 88.0 Å². The van der Waals surface area contributed by atoms with E-state index in [1.54, 1.807) is 45.0 Å². The first-order valence-electron chi connectivity index (χ1n) is 8.49. The molecule has 0 radical (unpaired) electrons. The first kappa shape index (κ1) is 21.3. The fraction of sp³-hybridized carbons (Fsp3) is 0.632. The van der Waals surface area contributed by atoms with Gasteiger partial charge in [-0.05, 0) is 65.7 Å². The largest absolute Gasteiger partial charge is 0.488 e. The number of amides is 1. The molecule has 6 heteroatoms. The van der Waals surface area contributed by atoms with E-state index in [0.717, 1.165) is 0 Å². The Morgan fingerprint density at radius 1 is 1.04 bits per heavy atom. The third-order valence-electron chi connectivity index (χ3n) is 3.12. The molecule has 0 fully saturated rings. The Bertz CT molecular complexity index is 542. The summed E-state index contributed by atoms with van der Waals surface area (Å²) in [4.78, 5) is 11.5. The van der Waals surface area contributed by atoms with Crippen LogP contribution in [0.4, 0.5) is 4.79 Å². The lowest BCUT2D eigenvalue weighted by molar-refractivity contribution is 0.0122. The van der Waals surface area contributed by atoms with Crippen molar-refractivity contribution in [3.05, 3.63) is 29.8 Å². The predicted octanol–water partition coefficient (Wildman–Crippen LogP) is 3.17. The van der Waals surface area contributed by atoms with Gasteiger partial charge < -0.3 is 25.0 Å². The summed E-state index contributed by atoms with van der Waals surface area (Å²) in [6.07, 6.45) is -2.37. The van der Waals surface area contributed by atoms with Gasteiger partial charge in [0.05, 0.1) is 6.10 Å². The quantitative estimate of drug-likeness (QED) is 0.731. The van der Waals surface area contributed by atoms with E-state index >= 15 is 0 Å². The maximum atomic E-state index is 11.5. The van der Waals surface area contributed by atoms with Crippen LogP contribution in [0.25, 0.3) is 0 Å². The number of ether oxygens (including phenoxy) is 2. The molecule has 6 nitrogen and oxygen atoms in total. The zero-order chi connectivity index (χ0) is 19.3. The van der Waals surface area contributed by atoms with Crippen molar-refractivity contribution in [3.8, 4) is 5.75 Å². The van der Waals surface area contributed by atoms with Crippen molar-refractivity contribution >= 4 is 6.09 Å². The highest BCUT2D eigenvalue weighted by atomic mass is 16.6. The summed E-state index contributed by atoms with van der Waals surface area (Å²) in [5.74, 6) is 0.699. The van der Waals surface area contributed by atoms with Crippen LogP contribution in [0.3, 0.4) is 0 Å². The first-order chi connectivity index (χ1) is 11.4. The van der Waals surface area contributed by atoms with Gasteiger partial charge in [0.25, 0.3) is 0 Å². The summed E-state index contributed by atoms with van der Waals surface area (Å²) < 4.78 is 10.8. The van der Waals surface area contributed by atoms with Gasteiger partial charge in [-0.25, -0.2) is 4.79 Å². The Morgan fingerprint density at radius 2 is 1.60 bits per heavy atom. The first-order valence-corrected chi connectivity index (χ1v) is 8.49. The van der Waals surface area contributed by atoms with Gasteiger partial charge in [-0.3, -0.25) is 0 Å². The Morgan fingerprint density at radius 3 is 2.08 bits per heavy atom. The van der Waals surface area contributed by atoms with Gasteiger partial charge in [0.1, 0.15) is 23.1 Å². The van der Waals surface area contributed by atoms with E-state index in [1.165, 1.54) is 0 Å². The van der Waals surface area contributed by atoms with Crippen LogP contribution >= 0.6 is 0 Å². The number of benzene rings is 1. The van der Waals surface area contributed by atoms with Crippen LogP contribution in [-0.4, -0.2) is 40.2 Å². The van der Waals surface area contributed by atoms with Gasteiger partial charge in [-0.2, -0.15) is 0 Å². The molecule has 1 aromatic rings. The average molecular weight is 353 g/mol. The Kier molecular flexibility index (Phi) is 7.26. The number of carbonyl (C=O) groups is 1. The SMILES string of the molecule is CC(C)(C)OC(=O)NCCC(O)C(O)c1ccc(OC(C)(C)C)cc1. The number of nitrogens with one attached hydrogen (secondary N) is 1. The average Bonchev–Trinajstić information content (AvgIpc) is 2.43. The Labute approximate surface area is 150 Å². The minimum Gasteiger partial charge on any atom is -0.488 e. The zero-order valence-electron chi connectivity index (χ0n) is 16.0. The summed E-state index contributed by atoms with van der Waals surface area (Å²) in [5.41, 5.74) is -0.280. The van der Waals surface area contributed by atoms with Crippen LogP contribution in [0.2, 0.25) is 0 Å². The van der Waals surface area contributed by atoms with Crippen LogP contribution in [-0.2, 0) is 4.74 Å². The zero-order valence-corrected chi connectivity index (χ0v) is 16.0. The van der Waals surface area contributed by atoms with Crippen LogP contribution in [0.5, 0.6) is 5.75 Å². The minimum absolute atomic E-state index is 0.207. The van der Waals surface area contributed by atoms with Crippen LogP contribution in [0.15, 0.2) is 24.3 Å². The summed E-state index contributed by atoms with van der Waals surface area (Å²) >= 11 is 0. The van der Waals surface area contributed by atoms with Crippen molar-refractivity contribution in [3.63, 3.8) is 0 Å². The molecule has 0 aliphatic carbocycles. The lowest BCUT2D eigenvalue weighted by atomic mass is 10.0. The molecule has 1 rings (SSSR count). The number of hydrogen-bond donors (Lipinski definition) is 3. The van der Waals surface area contributed by atoms with Gasteiger partial charge in [0.15, 0.2) is 0 Å². The second kappa shape index (κ2) is 8.54. The molecule has 2 unspecified atom stereocenters. The highest BCUT2D eigenvalue weighted by molar-refractivity contribution is 5.67. The summed E-state index contributed by atoms with van der Waals surface area (Å²) in [7, 11) is 0. The van der Waals surface area contributed by atoms with E-state index in [2.05, 4.69) is 5.32 Å². The lowest BCUT2D eigenvalue weighted by Crippen LogP contribution is -2.34. The number of carbonyl (C=O) groups excluding carboxylic acids is 1. The predicted molar refractivity (Wildman–Crippen MR) is 96.6 cm³/mol. The van der Waals surface area contributed by atoms with E-state index in [0.29, 0.717) is 11.3 Å². The summed E-state index contributed by atoms with van der Waals surface area (Å²) in [5, 5.41) is 22.9. The Balaban J connectivity index is 2.48. The van der Waals surface area contributed by atoms with Gasteiger partial charge in [0.2, 0.25) is 0 Å². The highest BCUT2D eigenvalue weighted by Crippen LogP contribution is 2.24. The van der Waals surface area contributed by atoms with E-state index in [1.807, 2.05) is 20.8 Å². The van der Waals surface area contributed by atoms with Gasteiger partial charge in [-0.1, -0.05) is 12.1 Å². The van der Waals surface area contributed by atoms with E-state index in [-0.39, 0.29) is 18.6 Å². The third-order valence-corrected chi connectivity index (χ3v) is 3.12. The molecule has 2 atom stereocenters. The van der Waals surface area contributed by atoms with Crippen molar-refractivity contribution in [2.24, 2.45) is 0 Å². The minimum atomic E-state index is -1.04. The molecule has 0 saturated carbocycles. The van der Waals surface area contributed by atoms with Crippen molar-refractivity contribution in [2.75, 3.05) is 6.54 Å². The van der Waals surface area contributed by atoms with Crippen LogP contribution < -0.4 is 10.1 Å². The molecule has 142 valence electrons. The maximum absolute atomic E-state index is 11.5. The van der Waals surface area contributed by atoms with Gasteiger partial charge >= 0.3 is 6.09 Å². The van der Waals surface area contributed by atoms with Crippen molar-refractivity contribution < 1.29 is 24.5 Å². The number of aliphatic hydroxyl groups is 2. The normalized spacial score (nSPS) is 14.6. The molecule has 1 aromatic carbocycles. The molecule has 1 amide bonds. The molecule has 0 saturated heterocycles. The van der Waals surface area contributed by atoms with E-state index in [9.17, 15) is 15.0 Å². The van der Waals surface area contributed by atoms with Crippen LogP contribution in [0.1, 0.15) is 59.6 Å². The Hall–Kier alpha value is -1.79. The number of hydrogen-bond acceptors (Lipinski definition) is 5. The van der Waals surface area contributed by atoms with Crippen LogP contribution in [0, 0.1) is 0 Å². The van der Waals surface area contributed by atoms with Gasteiger partial charge in [-0.15, -0.1) is 0 Å². The second-order valence-corrected chi connectivity index (χ2v) is 8.01. The van der Waals surface area contributed by atoms with Crippen molar-refractivity contribution in [1.29, 1.82) is 0 Å². The second-order valence-electron chi connectivity index (χ2n) is 8.01. The molecule has 0 aliphatic heterocycles. The summed E-state index contributed by atoms with van der Waals surface area (Å²) in [6.45, 7) is 11.4. The molecule has 0 heterocycles. The molecule has 0 aromatic heterocycles. The van der Waals surface area contributed by atoms with Crippen molar-refractivity contribution in [1.82, 2.24) is 5.32 Å².